The lowest BCUT2D eigenvalue weighted by Gasteiger charge is -2.21. The Bertz CT molecular complexity index is 447. The minimum absolute atomic E-state index is 0.0936. The monoisotopic (exact) mass is 251 g/mol. The molecule has 1 aliphatic rings. The molecule has 1 aromatic rings. The molecular formula is C13H17NO4. The third-order valence-corrected chi connectivity index (χ3v) is 3.32. The van der Waals surface area contributed by atoms with Crippen molar-refractivity contribution in [2.45, 2.75) is 25.4 Å². The molecule has 1 aliphatic heterocycles. The molecule has 0 radical (unpaired) electrons. The zero-order valence-corrected chi connectivity index (χ0v) is 10.3. The predicted octanol–water partition coefficient (Wildman–Crippen LogP) is 1.45. The van der Waals surface area contributed by atoms with E-state index < -0.39 is 12.0 Å². The van der Waals surface area contributed by atoms with E-state index in [1.807, 2.05) is 4.90 Å². The number of carboxylic acids is 1. The van der Waals surface area contributed by atoms with Gasteiger partial charge in [0, 0.05) is 12.1 Å². The fourth-order valence-electron chi connectivity index (χ4n) is 2.37. The van der Waals surface area contributed by atoms with Gasteiger partial charge in [-0.25, -0.2) is 0 Å². The molecule has 1 fully saturated rings. The zero-order chi connectivity index (χ0) is 13.1. The normalized spacial score (nSPS) is 19.9. The smallest absolute Gasteiger partial charge is 0.320 e. The summed E-state index contributed by atoms with van der Waals surface area (Å²) in [7, 11) is 1.49. The number of ether oxygens (including phenoxy) is 1. The maximum Gasteiger partial charge on any atom is 0.320 e. The summed E-state index contributed by atoms with van der Waals surface area (Å²) < 4.78 is 5.04. The van der Waals surface area contributed by atoms with Crippen LogP contribution < -0.4 is 4.74 Å². The van der Waals surface area contributed by atoms with Crippen LogP contribution in [0, 0.1) is 0 Å². The van der Waals surface area contributed by atoms with E-state index in [1.54, 1.807) is 18.2 Å². The van der Waals surface area contributed by atoms with Crippen LogP contribution in [0.2, 0.25) is 0 Å². The molecule has 0 aromatic heterocycles. The lowest BCUT2D eigenvalue weighted by Crippen LogP contribution is -2.35. The summed E-state index contributed by atoms with van der Waals surface area (Å²) in [6, 6.07) is 4.81. The minimum atomic E-state index is -0.796. The fraction of sp³-hybridized carbons (Fsp3) is 0.462. The third kappa shape index (κ3) is 2.41. The number of phenols is 1. The molecule has 98 valence electrons. The van der Waals surface area contributed by atoms with Crippen molar-refractivity contribution < 1.29 is 19.7 Å². The Labute approximate surface area is 106 Å². The second-order valence-electron chi connectivity index (χ2n) is 4.43. The molecule has 5 heteroatoms. The Morgan fingerprint density at radius 3 is 3.00 bits per heavy atom. The SMILES string of the molecule is COc1cccc(CN2CCCC2C(=O)O)c1O. The van der Waals surface area contributed by atoms with Crippen LogP contribution in [0.1, 0.15) is 18.4 Å². The van der Waals surface area contributed by atoms with Crippen molar-refractivity contribution in [1.29, 1.82) is 0 Å². The number of carboxylic acid groups (broad SMARTS) is 1. The van der Waals surface area contributed by atoms with Gasteiger partial charge < -0.3 is 14.9 Å². The van der Waals surface area contributed by atoms with Crippen LogP contribution in [0.4, 0.5) is 0 Å². The molecule has 18 heavy (non-hydrogen) atoms. The van der Waals surface area contributed by atoms with Gasteiger partial charge in [0.15, 0.2) is 11.5 Å². The Morgan fingerprint density at radius 1 is 1.56 bits per heavy atom. The van der Waals surface area contributed by atoms with Gasteiger partial charge in [0.2, 0.25) is 0 Å². The molecule has 1 heterocycles. The number of carbonyl (C=O) groups is 1. The van der Waals surface area contributed by atoms with Crippen molar-refractivity contribution in [2.75, 3.05) is 13.7 Å². The molecule has 1 unspecified atom stereocenters. The highest BCUT2D eigenvalue weighted by Gasteiger charge is 2.30. The van der Waals surface area contributed by atoms with Crippen molar-refractivity contribution in [1.82, 2.24) is 4.90 Å². The minimum Gasteiger partial charge on any atom is -0.504 e. The van der Waals surface area contributed by atoms with E-state index in [2.05, 4.69) is 0 Å². The number of benzene rings is 1. The molecule has 0 spiro atoms. The molecule has 5 nitrogen and oxygen atoms in total. The fourth-order valence-corrected chi connectivity index (χ4v) is 2.37. The number of likely N-dealkylation sites (tertiary alicyclic amines) is 1. The van der Waals surface area contributed by atoms with E-state index in [4.69, 9.17) is 9.84 Å². The maximum absolute atomic E-state index is 11.1. The number of hydrogen-bond acceptors (Lipinski definition) is 4. The summed E-state index contributed by atoms with van der Waals surface area (Å²) in [4.78, 5) is 13.0. The third-order valence-electron chi connectivity index (χ3n) is 3.32. The first-order valence-corrected chi connectivity index (χ1v) is 5.95. The number of aliphatic carboxylic acids is 1. The average Bonchev–Trinajstić information content (AvgIpc) is 2.80. The van der Waals surface area contributed by atoms with E-state index >= 15 is 0 Å². The van der Waals surface area contributed by atoms with Crippen molar-refractivity contribution in [2.24, 2.45) is 0 Å². The van der Waals surface area contributed by atoms with Crippen LogP contribution in [0.15, 0.2) is 18.2 Å². The second-order valence-corrected chi connectivity index (χ2v) is 4.43. The lowest BCUT2D eigenvalue weighted by molar-refractivity contribution is -0.142. The topological polar surface area (TPSA) is 70.0 Å². The second kappa shape index (κ2) is 5.27. The van der Waals surface area contributed by atoms with Crippen LogP contribution >= 0.6 is 0 Å². The number of phenolic OH excluding ortho intramolecular Hbond substituents is 1. The van der Waals surface area contributed by atoms with Gasteiger partial charge in [0.05, 0.1) is 7.11 Å². The lowest BCUT2D eigenvalue weighted by atomic mass is 10.1. The molecule has 0 saturated carbocycles. The van der Waals surface area contributed by atoms with Gasteiger partial charge >= 0.3 is 5.97 Å². The van der Waals surface area contributed by atoms with Crippen molar-refractivity contribution in [3.8, 4) is 11.5 Å². The highest BCUT2D eigenvalue weighted by molar-refractivity contribution is 5.73. The van der Waals surface area contributed by atoms with Gasteiger partial charge in [0.1, 0.15) is 6.04 Å². The van der Waals surface area contributed by atoms with E-state index in [-0.39, 0.29) is 5.75 Å². The first-order valence-electron chi connectivity index (χ1n) is 5.95. The van der Waals surface area contributed by atoms with Crippen LogP contribution in [-0.2, 0) is 11.3 Å². The average molecular weight is 251 g/mol. The maximum atomic E-state index is 11.1. The number of para-hydroxylation sites is 1. The molecule has 0 aliphatic carbocycles. The van der Waals surface area contributed by atoms with Gasteiger partial charge in [-0.05, 0) is 25.5 Å². The van der Waals surface area contributed by atoms with Crippen LogP contribution in [0.3, 0.4) is 0 Å². The van der Waals surface area contributed by atoms with E-state index in [1.165, 1.54) is 7.11 Å². The number of methoxy groups -OCH3 is 1. The summed E-state index contributed by atoms with van der Waals surface area (Å²) >= 11 is 0. The van der Waals surface area contributed by atoms with Crippen LogP contribution in [-0.4, -0.2) is 40.8 Å². The molecular weight excluding hydrogens is 234 g/mol. The Morgan fingerprint density at radius 2 is 2.33 bits per heavy atom. The van der Waals surface area contributed by atoms with Gasteiger partial charge in [-0.15, -0.1) is 0 Å². The highest BCUT2D eigenvalue weighted by Crippen LogP contribution is 2.31. The van der Waals surface area contributed by atoms with E-state index in [9.17, 15) is 9.90 Å². The van der Waals surface area contributed by atoms with E-state index in [0.29, 0.717) is 24.3 Å². The van der Waals surface area contributed by atoms with Crippen molar-refractivity contribution >= 4 is 5.97 Å². The first-order chi connectivity index (χ1) is 8.63. The largest absolute Gasteiger partial charge is 0.504 e. The van der Waals surface area contributed by atoms with Crippen LogP contribution in [0.25, 0.3) is 0 Å². The molecule has 1 saturated heterocycles. The summed E-state index contributed by atoms with van der Waals surface area (Å²) in [6.45, 7) is 1.17. The summed E-state index contributed by atoms with van der Waals surface area (Å²) in [5.41, 5.74) is 0.697. The molecule has 1 aromatic carbocycles. The number of aromatic hydroxyl groups is 1. The summed E-state index contributed by atoms with van der Waals surface area (Å²) in [6.07, 6.45) is 1.54. The van der Waals surface area contributed by atoms with Gasteiger partial charge in [-0.2, -0.15) is 0 Å². The highest BCUT2D eigenvalue weighted by atomic mass is 16.5. The Kier molecular flexibility index (Phi) is 3.72. The summed E-state index contributed by atoms with van der Waals surface area (Å²) in [5.74, 6) is -0.288. The predicted molar refractivity (Wildman–Crippen MR) is 65.7 cm³/mol. The van der Waals surface area contributed by atoms with E-state index in [0.717, 1.165) is 13.0 Å². The Hall–Kier alpha value is -1.75. The van der Waals surface area contributed by atoms with Crippen molar-refractivity contribution in [3.05, 3.63) is 23.8 Å². The van der Waals surface area contributed by atoms with Gasteiger partial charge in [-0.3, -0.25) is 9.69 Å². The zero-order valence-electron chi connectivity index (χ0n) is 10.3. The number of nitrogens with zero attached hydrogens (tertiary/aromatic N) is 1. The quantitative estimate of drug-likeness (QED) is 0.847. The number of hydrogen-bond donors (Lipinski definition) is 2. The molecule has 0 bridgehead atoms. The summed E-state index contributed by atoms with van der Waals surface area (Å²) in [5, 5.41) is 19.1. The molecule has 2 rings (SSSR count). The molecule has 1 atom stereocenters. The first kappa shape index (κ1) is 12.7. The molecule has 0 amide bonds. The van der Waals surface area contributed by atoms with Gasteiger partial charge in [0.25, 0.3) is 0 Å². The van der Waals surface area contributed by atoms with Crippen molar-refractivity contribution in [3.63, 3.8) is 0 Å². The standard InChI is InChI=1S/C13H17NO4/c1-18-11-6-2-4-9(12(11)15)8-14-7-3-5-10(14)13(16)17/h2,4,6,10,15H,3,5,7-8H2,1H3,(H,16,17). The number of rotatable bonds is 4. The van der Waals surface area contributed by atoms with Gasteiger partial charge in [-0.1, -0.05) is 12.1 Å². The Balaban J connectivity index is 2.16. The molecule has 2 N–H and O–H groups in total. The van der Waals surface area contributed by atoms with Crippen LogP contribution in [0.5, 0.6) is 11.5 Å².